The van der Waals surface area contributed by atoms with Gasteiger partial charge in [-0.3, -0.25) is 4.79 Å². The molecule has 1 aromatic carbocycles. The third-order valence-electron chi connectivity index (χ3n) is 2.59. The summed E-state index contributed by atoms with van der Waals surface area (Å²) in [4.78, 5) is 12.6. The van der Waals surface area contributed by atoms with Crippen molar-refractivity contribution in [3.63, 3.8) is 0 Å². The normalized spacial score (nSPS) is 20.6. The first-order valence-corrected chi connectivity index (χ1v) is 6.01. The van der Waals surface area contributed by atoms with Gasteiger partial charge in [0.15, 0.2) is 0 Å². The Labute approximate surface area is 94.0 Å². The molecule has 15 heavy (non-hydrogen) atoms. The van der Waals surface area contributed by atoms with Crippen LogP contribution in [0.4, 0.5) is 0 Å². The molecule has 0 spiro atoms. The molecule has 0 radical (unpaired) electrons. The van der Waals surface area contributed by atoms with Crippen LogP contribution in [0.2, 0.25) is 0 Å². The lowest BCUT2D eigenvalue weighted by molar-refractivity contribution is -0.116. The summed E-state index contributed by atoms with van der Waals surface area (Å²) in [5.74, 6) is 1.24. The van der Waals surface area contributed by atoms with E-state index in [1.54, 1.807) is 18.9 Å². The molecule has 3 heteroatoms. The highest BCUT2D eigenvalue weighted by atomic mass is 32.2. The van der Waals surface area contributed by atoms with Gasteiger partial charge >= 0.3 is 0 Å². The molecular formula is C12H14O2S. The van der Waals surface area contributed by atoms with Crippen molar-refractivity contribution in [2.45, 2.75) is 29.4 Å². The summed E-state index contributed by atoms with van der Waals surface area (Å²) in [6, 6.07) is 7.86. The number of ether oxygens (including phenoxy) is 1. The summed E-state index contributed by atoms with van der Waals surface area (Å²) in [6.07, 6.45) is 2.78. The number of carbonyl (C=O) groups excluding carboxylic acids is 1. The highest BCUT2D eigenvalue weighted by molar-refractivity contribution is 8.00. The SMILES string of the molecule is COc1ccccc1SC1CCCC1=O. The second-order valence-corrected chi connectivity index (χ2v) is 4.86. The standard InChI is InChI=1S/C12H14O2S/c1-14-10-6-2-3-7-12(10)15-11-8-4-5-9(11)13/h2-3,6-7,11H,4-5,8H2,1H3. The Morgan fingerprint density at radius 1 is 1.40 bits per heavy atom. The van der Waals surface area contributed by atoms with Gasteiger partial charge in [-0.05, 0) is 25.0 Å². The quantitative estimate of drug-likeness (QED) is 0.786. The molecule has 1 saturated carbocycles. The van der Waals surface area contributed by atoms with Gasteiger partial charge in [0.2, 0.25) is 0 Å². The first kappa shape index (κ1) is 10.6. The molecule has 1 unspecified atom stereocenters. The third kappa shape index (κ3) is 2.34. The number of Topliss-reactive ketones (excluding diaryl/α,β-unsaturated/α-hetero) is 1. The van der Waals surface area contributed by atoms with Crippen molar-refractivity contribution in [2.75, 3.05) is 7.11 Å². The highest BCUT2D eigenvalue weighted by Gasteiger charge is 2.25. The Kier molecular flexibility index (Phi) is 3.31. The van der Waals surface area contributed by atoms with E-state index in [1.165, 1.54) is 0 Å². The summed E-state index contributed by atoms with van der Waals surface area (Å²) in [5.41, 5.74) is 0. The van der Waals surface area contributed by atoms with E-state index in [0.717, 1.165) is 29.9 Å². The van der Waals surface area contributed by atoms with Crippen LogP contribution >= 0.6 is 11.8 Å². The molecule has 0 heterocycles. The maximum atomic E-state index is 11.5. The third-order valence-corrected chi connectivity index (χ3v) is 3.96. The first-order chi connectivity index (χ1) is 7.31. The molecule has 0 saturated heterocycles. The molecule has 1 atom stereocenters. The second-order valence-electron chi connectivity index (χ2n) is 3.62. The molecule has 2 rings (SSSR count). The maximum Gasteiger partial charge on any atom is 0.146 e. The molecule has 80 valence electrons. The molecular weight excluding hydrogens is 208 g/mol. The summed E-state index contributed by atoms with van der Waals surface area (Å²) in [7, 11) is 1.66. The largest absolute Gasteiger partial charge is 0.496 e. The minimum absolute atomic E-state index is 0.140. The lowest BCUT2D eigenvalue weighted by Crippen LogP contribution is -2.07. The zero-order valence-corrected chi connectivity index (χ0v) is 9.55. The van der Waals surface area contributed by atoms with Crippen molar-refractivity contribution in [1.82, 2.24) is 0 Å². The Morgan fingerprint density at radius 3 is 2.87 bits per heavy atom. The fraction of sp³-hybridized carbons (Fsp3) is 0.417. The molecule has 1 aliphatic carbocycles. The van der Waals surface area contributed by atoms with Crippen LogP contribution in [-0.4, -0.2) is 18.1 Å². The molecule has 0 amide bonds. The van der Waals surface area contributed by atoms with Gasteiger partial charge in [-0.15, -0.1) is 11.8 Å². The van der Waals surface area contributed by atoms with Crippen molar-refractivity contribution in [3.8, 4) is 5.75 Å². The molecule has 1 fully saturated rings. The van der Waals surface area contributed by atoms with Crippen molar-refractivity contribution in [3.05, 3.63) is 24.3 Å². The average molecular weight is 222 g/mol. The molecule has 0 aliphatic heterocycles. The number of thioether (sulfide) groups is 1. The number of para-hydroxylation sites is 1. The van der Waals surface area contributed by atoms with E-state index in [-0.39, 0.29) is 5.25 Å². The highest BCUT2D eigenvalue weighted by Crippen LogP contribution is 2.37. The zero-order chi connectivity index (χ0) is 10.7. The van der Waals surface area contributed by atoms with Gasteiger partial charge in [-0.2, -0.15) is 0 Å². The lowest BCUT2D eigenvalue weighted by Gasteiger charge is -2.10. The second kappa shape index (κ2) is 4.71. The van der Waals surface area contributed by atoms with Crippen molar-refractivity contribution >= 4 is 17.5 Å². The average Bonchev–Trinajstić information content (AvgIpc) is 2.65. The zero-order valence-electron chi connectivity index (χ0n) is 8.73. The number of hydrogen-bond donors (Lipinski definition) is 0. The Bertz CT molecular complexity index is 362. The van der Waals surface area contributed by atoms with E-state index in [0.29, 0.717) is 5.78 Å². The summed E-state index contributed by atoms with van der Waals surface area (Å²) >= 11 is 1.64. The van der Waals surface area contributed by atoms with Gasteiger partial charge < -0.3 is 4.74 Å². The van der Waals surface area contributed by atoms with Crippen LogP contribution in [0.5, 0.6) is 5.75 Å². The van der Waals surface area contributed by atoms with E-state index >= 15 is 0 Å². The van der Waals surface area contributed by atoms with Crippen LogP contribution in [-0.2, 0) is 4.79 Å². The summed E-state index contributed by atoms with van der Waals surface area (Å²) in [5, 5.41) is 0.140. The number of benzene rings is 1. The van der Waals surface area contributed by atoms with E-state index in [2.05, 4.69) is 0 Å². The minimum Gasteiger partial charge on any atom is -0.496 e. The molecule has 0 aromatic heterocycles. The van der Waals surface area contributed by atoms with Crippen LogP contribution in [0, 0.1) is 0 Å². The van der Waals surface area contributed by atoms with Crippen molar-refractivity contribution in [2.24, 2.45) is 0 Å². The molecule has 0 bridgehead atoms. The first-order valence-electron chi connectivity index (χ1n) is 5.13. The van der Waals surface area contributed by atoms with Crippen LogP contribution in [0.3, 0.4) is 0 Å². The number of carbonyl (C=O) groups is 1. The molecule has 1 aromatic rings. The van der Waals surface area contributed by atoms with Crippen LogP contribution < -0.4 is 4.74 Å². The van der Waals surface area contributed by atoms with Gasteiger partial charge in [0.05, 0.1) is 17.3 Å². The smallest absolute Gasteiger partial charge is 0.146 e. The number of rotatable bonds is 3. The van der Waals surface area contributed by atoms with E-state index in [1.807, 2.05) is 24.3 Å². The van der Waals surface area contributed by atoms with Crippen LogP contribution in [0.25, 0.3) is 0 Å². The van der Waals surface area contributed by atoms with Gasteiger partial charge in [0.1, 0.15) is 11.5 Å². The number of ketones is 1. The minimum atomic E-state index is 0.140. The van der Waals surface area contributed by atoms with Gasteiger partial charge in [-0.1, -0.05) is 12.1 Å². The molecule has 1 aliphatic rings. The molecule has 0 N–H and O–H groups in total. The van der Waals surface area contributed by atoms with Crippen molar-refractivity contribution in [1.29, 1.82) is 0 Å². The van der Waals surface area contributed by atoms with Gasteiger partial charge in [0, 0.05) is 6.42 Å². The predicted molar refractivity (Wildman–Crippen MR) is 61.5 cm³/mol. The molecule has 2 nitrogen and oxygen atoms in total. The van der Waals surface area contributed by atoms with E-state index in [4.69, 9.17) is 4.74 Å². The van der Waals surface area contributed by atoms with Gasteiger partial charge in [-0.25, -0.2) is 0 Å². The fourth-order valence-corrected chi connectivity index (χ4v) is 3.04. The fourth-order valence-electron chi connectivity index (χ4n) is 1.78. The number of methoxy groups -OCH3 is 1. The maximum absolute atomic E-state index is 11.5. The van der Waals surface area contributed by atoms with Gasteiger partial charge in [0.25, 0.3) is 0 Å². The van der Waals surface area contributed by atoms with E-state index < -0.39 is 0 Å². The monoisotopic (exact) mass is 222 g/mol. The summed E-state index contributed by atoms with van der Waals surface area (Å²) < 4.78 is 5.26. The Morgan fingerprint density at radius 2 is 2.20 bits per heavy atom. The predicted octanol–water partition coefficient (Wildman–Crippen LogP) is 2.91. The van der Waals surface area contributed by atoms with Crippen molar-refractivity contribution < 1.29 is 9.53 Å². The van der Waals surface area contributed by atoms with Crippen LogP contribution in [0.1, 0.15) is 19.3 Å². The van der Waals surface area contributed by atoms with Crippen LogP contribution in [0.15, 0.2) is 29.2 Å². The number of hydrogen-bond acceptors (Lipinski definition) is 3. The summed E-state index contributed by atoms with van der Waals surface area (Å²) in [6.45, 7) is 0. The lowest BCUT2D eigenvalue weighted by atomic mass is 10.3. The van der Waals surface area contributed by atoms with E-state index in [9.17, 15) is 4.79 Å². The Balaban J connectivity index is 2.12. The Hall–Kier alpha value is -0.960. The topological polar surface area (TPSA) is 26.3 Å².